The molecule has 188 valence electrons. The predicted octanol–water partition coefficient (Wildman–Crippen LogP) is 3.08. The molecule has 0 saturated heterocycles. The van der Waals surface area contributed by atoms with E-state index >= 15 is 0 Å². The van der Waals surface area contributed by atoms with Crippen molar-refractivity contribution in [3.8, 4) is 0 Å². The number of ketones is 2. The standard InChI is InChI=1S/C26H27N3O6S/c1-4-29-20(15-21(30)17-9-7-6-8-10-17)24(26(32)27-29)25(31)18-11-12-22-23(16(18)3)19(28-35-5-2)13-14-36(22,33)34/h6-12H,4-5,13-15H2,1-3H3,(H,27,32). The second kappa shape index (κ2) is 10.1. The van der Waals surface area contributed by atoms with Crippen molar-refractivity contribution in [1.29, 1.82) is 0 Å². The molecule has 0 bridgehead atoms. The molecule has 1 aliphatic heterocycles. The fourth-order valence-electron chi connectivity index (χ4n) is 4.46. The van der Waals surface area contributed by atoms with Crippen LogP contribution >= 0.6 is 0 Å². The van der Waals surface area contributed by atoms with Gasteiger partial charge in [-0.25, -0.2) is 8.42 Å². The molecule has 0 unspecified atom stereocenters. The van der Waals surface area contributed by atoms with Crippen molar-refractivity contribution in [2.24, 2.45) is 5.16 Å². The Morgan fingerprint density at radius 1 is 1.11 bits per heavy atom. The average Bonchev–Trinajstić information content (AvgIpc) is 3.18. The molecule has 10 heteroatoms. The van der Waals surface area contributed by atoms with E-state index in [1.165, 1.54) is 16.8 Å². The fourth-order valence-corrected chi connectivity index (χ4v) is 6.00. The number of aromatic nitrogens is 2. The summed E-state index contributed by atoms with van der Waals surface area (Å²) in [6.07, 6.45) is 0.00449. The van der Waals surface area contributed by atoms with Gasteiger partial charge in [0.05, 0.1) is 28.5 Å². The number of benzene rings is 2. The Hall–Kier alpha value is -3.79. The lowest BCUT2D eigenvalue weighted by molar-refractivity contribution is 0.0990. The van der Waals surface area contributed by atoms with Crippen LogP contribution in [0.5, 0.6) is 0 Å². The maximum atomic E-state index is 13.8. The van der Waals surface area contributed by atoms with Crippen LogP contribution in [0.2, 0.25) is 0 Å². The molecular formula is C26H27N3O6S. The number of carbonyl (C=O) groups is 2. The summed E-state index contributed by atoms with van der Waals surface area (Å²) in [5, 5.41) is 6.74. The number of oxime groups is 1. The molecule has 1 aromatic heterocycles. The van der Waals surface area contributed by atoms with Crippen LogP contribution in [0.1, 0.15) is 63.4 Å². The third-order valence-electron chi connectivity index (χ3n) is 6.25. The van der Waals surface area contributed by atoms with Crippen LogP contribution in [0.3, 0.4) is 0 Å². The summed E-state index contributed by atoms with van der Waals surface area (Å²) < 4.78 is 26.9. The van der Waals surface area contributed by atoms with Crippen LogP contribution in [0.25, 0.3) is 0 Å². The Balaban J connectivity index is 1.84. The van der Waals surface area contributed by atoms with Crippen LogP contribution < -0.4 is 5.56 Å². The van der Waals surface area contributed by atoms with Gasteiger partial charge in [0.25, 0.3) is 5.56 Å². The van der Waals surface area contributed by atoms with Crippen LogP contribution in [0.15, 0.2) is 57.3 Å². The Bertz CT molecular complexity index is 1530. The molecule has 0 amide bonds. The van der Waals surface area contributed by atoms with E-state index in [0.717, 1.165) is 0 Å². The monoisotopic (exact) mass is 509 g/mol. The summed E-state index contributed by atoms with van der Waals surface area (Å²) in [5.41, 5.74) is 1.35. The second-order valence-electron chi connectivity index (χ2n) is 8.44. The highest BCUT2D eigenvalue weighted by Gasteiger charge is 2.33. The normalized spacial score (nSPS) is 15.5. The number of carbonyl (C=O) groups excluding carboxylic acids is 2. The molecule has 1 N–H and O–H groups in total. The number of sulfone groups is 1. The van der Waals surface area contributed by atoms with Gasteiger partial charge in [0.15, 0.2) is 15.6 Å². The van der Waals surface area contributed by atoms with Crippen molar-refractivity contribution in [1.82, 2.24) is 9.78 Å². The number of fused-ring (bicyclic) bond motifs is 1. The van der Waals surface area contributed by atoms with E-state index in [0.29, 0.717) is 35.6 Å². The molecule has 1 aliphatic rings. The molecule has 0 radical (unpaired) electrons. The van der Waals surface area contributed by atoms with Crippen molar-refractivity contribution in [2.45, 2.75) is 45.1 Å². The first-order valence-electron chi connectivity index (χ1n) is 11.7. The van der Waals surface area contributed by atoms with Crippen molar-refractivity contribution >= 4 is 27.1 Å². The number of hydrogen-bond donors (Lipinski definition) is 1. The van der Waals surface area contributed by atoms with Gasteiger partial charge in [0.1, 0.15) is 12.2 Å². The lowest BCUT2D eigenvalue weighted by atomic mass is 9.91. The van der Waals surface area contributed by atoms with E-state index in [-0.39, 0.29) is 46.1 Å². The minimum atomic E-state index is -3.56. The molecule has 4 rings (SSSR count). The van der Waals surface area contributed by atoms with Crippen LogP contribution in [0, 0.1) is 6.92 Å². The first-order chi connectivity index (χ1) is 17.2. The molecule has 36 heavy (non-hydrogen) atoms. The van der Waals surface area contributed by atoms with Gasteiger partial charge in [-0.05, 0) is 38.5 Å². The molecule has 0 atom stereocenters. The highest BCUT2D eigenvalue weighted by Crippen LogP contribution is 2.31. The van der Waals surface area contributed by atoms with Crippen LogP contribution in [-0.2, 0) is 27.6 Å². The molecule has 0 spiro atoms. The topological polar surface area (TPSA) is 128 Å². The maximum absolute atomic E-state index is 13.8. The summed E-state index contributed by atoms with van der Waals surface area (Å²) >= 11 is 0. The van der Waals surface area contributed by atoms with E-state index < -0.39 is 21.2 Å². The Morgan fingerprint density at radius 3 is 2.50 bits per heavy atom. The molecule has 0 aliphatic carbocycles. The highest BCUT2D eigenvalue weighted by molar-refractivity contribution is 7.91. The lowest BCUT2D eigenvalue weighted by Gasteiger charge is -2.21. The molecule has 0 saturated carbocycles. The quantitative estimate of drug-likeness (QED) is 0.367. The van der Waals surface area contributed by atoms with E-state index in [9.17, 15) is 22.8 Å². The average molecular weight is 510 g/mol. The van der Waals surface area contributed by atoms with Gasteiger partial charge >= 0.3 is 0 Å². The summed E-state index contributed by atoms with van der Waals surface area (Å²) in [4.78, 5) is 44.9. The first-order valence-corrected chi connectivity index (χ1v) is 13.3. The van der Waals surface area contributed by atoms with Gasteiger partial charge < -0.3 is 4.84 Å². The zero-order valence-electron chi connectivity index (χ0n) is 20.3. The minimum absolute atomic E-state index is 0.0840. The van der Waals surface area contributed by atoms with Crippen LogP contribution in [-0.4, -0.2) is 47.8 Å². The second-order valence-corrected chi connectivity index (χ2v) is 10.5. The SMILES string of the molecule is CCON=C1CCS(=O)(=O)c2ccc(C(=O)c3c(CC(=O)c4ccccc4)n(CC)[nH]c3=O)c(C)c21. The van der Waals surface area contributed by atoms with Crippen molar-refractivity contribution in [3.05, 3.63) is 86.3 Å². The number of Topliss-reactive ketones (excluding diaryl/α,β-unsaturated/α-hetero) is 1. The Morgan fingerprint density at radius 2 is 1.83 bits per heavy atom. The number of nitrogens with zero attached hydrogens (tertiary/aromatic N) is 2. The van der Waals surface area contributed by atoms with Gasteiger partial charge in [-0.2, -0.15) is 0 Å². The maximum Gasteiger partial charge on any atom is 0.275 e. The third kappa shape index (κ3) is 4.56. The van der Waals surface area contributed by atoms with E-state index in [2.05, 4.69) is 10.3 Å². The molecule has 0 fully saturated rings. The largest absolute Gasteiger partial charge is 0.396 e. The lowest BCUT2D eigenvalue weighted by Crippen LogP contribution is -2.25. The zero-order valence-corrected chi connectivity index (χ0v) is 21.1. The summed E-state index contributed by atoms with van der Waals surface area (Å²) in [6.45, 7) is 5.86. The Labute approximate surface area is 208 Å². The zero-order chi connectivity index (χ0) is 26.0. The van der Waals surface area contributed by atoms with Crippen molar-refractivity contribution in [2.75, 3.05) is 12.4 Å². The molecular weight excluding hydrogens is 482 g/mol. The number of rotatable bonds is 8. The molecule has 2 aromatic carbocycles. The van der Waals surface area contributed by atoms with Gasteiger partial charge in [0.2, 0.25) is 5.78 Å². The van der Waals surface area contributed by atoms with Gasteiger partial charge in [-0.3, -0.25) is 24.2 Å². The van der Waals surface area contributed by atoms with E-state index in [1.54, 1.807) is 51.1 Å². The van der Waals surface area contributed by atoms with Crippen molar-refractivity contribution < 1.29 is 22.8 Å². The minimum Gasteiger partial charge on any atom is -0.396 e. The highest BCUT2D eigenvalue weighted by atomic mass is 32.2. The van der Waals surface area contributed by atoms with Crippen molar-refractivity contribution in [3.63, 3.8) is 0 Å². The third-order valence-corrected chi connectivity index (χ3v) is 8.00. The summed E-state index contributed by atoms with van der Waals surface area (Å²) in [7, 11) is -3.56. The van der Waals surface area contributed by atoms with Gasteiger partial charge in [-0.15, -0.1) is 0 Å². The molecule has 3 aromatic rings. The molecule has 2 heterocycles. The fraction of sp³-hybridized carbons (Fsp3) is 0.308. The number of H-pyrrole nitrogens is 1. The van der Waals surface area contributed by atoms with Gasteiger partial charge in [0, 0.05) is 29.7 Å². The smallest absolute Gasteiger partial charge is 0.275 e. The van der Waals surface area contributed by atoms with E-state index in [4.69, 9.17) is 4.84 Å². The summed E-state index contributed by atoms with van der Waals surface area (Å²) in [6, 6.07) is 11.4. The van der Waals surface area contributed by atoms with Crippen LogP contribution in [0.4, 0.5) is 0 Å². The predicted molar refractivity (Wildman–Crippen MR) is 135 cm³/mol. The summed E-state index contributed by atoms with van der Waals surface area (Å²) in [5.74, 6) is -0.924. The van der Waals surface area contributed by atoms with E-state index in [1.807, 2.05) is 0 Å². The number of hydrogen-bond acceptors (Lipinski definition) is 7. The number of aryl methyl sites for hydroxylation is 1. The number of aromatic amines is 1. The number of nitrogens with one attached hydrogen (secondary N) is 1. The molecule has 9 nitrogen and oxygen atoms in total. The first kappa shape index (κ1) is 25.3. The van der Waals surface area contributed by atoms with Gasteiger partial charge in [-0.1, -0.05) is 35.5 Å². The Kier molecular flexibility index (Phi) is 7.07.